The Kier molecular flexibility index (Phi) is 87.6. The summed E-state index contributed by atoms with van der Waals surface area (Å²) in [6, 6.07) is 0. The Morgan fingerprint density at radius 3 is 0.812 bits per heavy atom. The summed E-state index contributed by atoms with van der Waals surface area (Å²) >= 11 is 0.700. The van der Waals surface area contributed by atoms with Crippen molar-refractivity contribution in [3.05, 3.63) is 0 Å². The van der Waals surface area contributed by atoms with Crippen LogP contribution in [0, 0.1) is 0 Å². The minimum absolute atomic E-state index is 0.700. The van der Waals surface area contributed by atoms with Gasteiger partial charge in [-0.05, 0) is 0 Å². The summed E-state index contributed by atoms with van der Waals surface area (Å²) < 4.78 is 8.26. The Balaban J connectivity index is -0.0000000345. The molecule has 0 spiro atoms. The van der Waals surface area contributed by atoms with Gasteiger partial charge in [0.2, 0.25) is 12.8 Å². The topological polar surface area (TPSA) is 150 Å². The molecule has 0 aromatic rings. The van der Waals surface area contributed by atoms with E-state index >= 15 is 0 Å². The first-order chi connectivity index (χ1) is 7.54. The summed E-state index contributed by atoms with van der Waals surface area (Å²) in [5.74, 6) is 0. The van der Waals surface area contributed by atoms with Crippen molar-refractivity contribution in [1.29, 1.82) is 0 Å². The molecule has 0 heterocycles. The molecule has 16 heavy (non-hydrogen) atoms. The minimum atomic E-state index is 0.700. The summed E-state index contributed by atoms with van der Waals surface area (Å²) in [4.78, 5) is 21.8. The van der Waals surface area contributed by atoms with Crippen molar-refractivity contribution in [2.75, 3.05) is 28.2 Å². The molecule has 0 fully saturated rings. The molecule has 0 saturated heterocycles. The van der Waals surface area contributed by atoms with Crippen LogP contribution in [0.1, 0.15) is 0 Å². The maximum atomic E-state index is 9.43. The van der Waals surface area contributed by atoms with E-state index in [2.05, 4.69) is 0 Å². The Bertz CT molecular complexity index is 103. The van der Waals surface area contributed by atoms with Gasteiger partial charge in [-0.15, -0.1) is 0 Å². The second kappa shape index (κ2) is 47.5. The third-order valence-corrected chi connectivity index (χ3v) is 0.422. The number of carbonyl (C=O) groups excluding carboxylic acids is 2. The molecule has 0 bridgehead atoms. The van der Waals surface area contributed by atoms with Gasteiger partial charge >= 0.3 is 23.2 Å². The van der Waals surface area contributed by atoms with Crippen molar-refractivity contribution >= 4 is 12.8 Å². The molecule has 0 radical (unpaired) electrons. The first-order valence-corrected chi connectivity index (χ1v) is 4.10. The molecule has 0 unspecified atom stereocenters. The molecule has 0 aromatic heterocycles. The summed E-state index contributed by atoms with van der Waals surface area (Å²) in [5.41, 5.74) is 0. The normalized spacial score (nSPS) is 5.38. The fourth-order valence-electron chi connectivity index (χ4n) is 0. The first kappa shape index (κ1) is 29.5. The van der Waals surface area contributed by atoms with Gasteiger partial charge in [0.25, 0.3) is 0 Å². The monoisotopic (exact) mass is 324 g/mol. The third-order valence-electron chi connectivity index (χ3n) is 0.422. The van der Waals surface area contributed by atoms with E-state index in [0.29, 0.717) is 19.8 Å². The molecule has 0 aliphatic carbocycles. The van der Waals surface area contributed by atoms with Crippen LogP contribution < -0.4 is 21.0 Å². The van der Waals surface area contributed by atoms with Crippen LogP contribution in [0.25, 0.3) is 0 Å². The summed E-state index contributed by atoms with van der Waals surface area (Å²) in [7, 11) is 6.75. The maximum absolute atomic E-state index is 9.43. The molecule has 0 aromatic carbocycles. The Hall–Kier alpha value is -0.732. The molecular formula is C6H14MoN2O7. The van der Waals surface area contributed by atoms with E-state index in [9.17, 15) is 9.59 Å². The van der Waals surface area contributed by atoms with Crippen LogP contribution in [0.4, 0.5) is 0 Å². The van der Waals surface area contributed by atoms with Crippen molar-refractivity contribution in [2.24, 2.45) is 0 Å². The van der Waals surface area contributed by atoms with Crippen LogP contribution in [0.5, 0.6) is 0 Å². The Labute approximate surface area is 105 Å². The summed E-state index contributed by atoms with van der Waals surface area (Å²) in [6.07, 6.45) is 1.50. The molecular weight excluding hydrogens is 308 g/mol. The quantitative estimate of drug-likeness (QED) is 0.213. The van der Waals surface area contributed by atoms with Crippen molar-refractivity contribution in [1.82, 2.24) is 9.80 Å². The van der Waals surface area contributed by atoms with Gasteiger partial charge in [0.15, 0.2) is 0 Å². The Morgan fingerprint density at radius 2 is 0.812 bits per heavy atom. The molecule has 0 atom stereocenters. The molecule has 0 rings (SSSR count). The van der Waals surface area contributed by atoms with E-state index in [1.54, 1.807) is 28.2 Å². The molecule has 0 aliphatic rings. The Morgan fingerprint density at radius 1 is 0.750 bits per heavy atom. The fraction of sp³-hybridized carbons (Fsp3) is 0.667. The SMILES string of the molecule is CN(C)C=O.CN(C)C=O.[O-][O-].[O-][O-].[O]=[Mo+4]. The van der Waals surface area contributed by atoms with E-state index in [-0.39, 0.29) is 0 Å². The van der Waals surface area contributed by atoms with Crippen molar-refractivity contribution in [2.45, 2.75) is 0 Å². The number of nitrogens with zero attached hydrogens (tertiary/aromatic N) is 2. The molecule has 0 aliphatic heterocycles. The van der Waals surface area contributed by atoms with Crippen LogP contribution in [0.2, 0.25) is 0 Å². The predicted octanol–water partition coefficient (Wildman–Crippen LogP) is -5.47. The molecule has 0 saturated carbocycles. The standard InChI is InChI=1S/2C3H7NO.Mo.2O2.O/c2*1-4(2)3-5;;2*1-2;/h2*3H,1-2H3;;;;/q;;+4;2*-2;. The van der Waals surface area contributed by atoms with Gasteiger partial charge in [0, 0.05) is 28.2 Å². The van der Waals surface area contributed by atoms with Crippen LogP contribution in [-0.4, -0.2) is 50.8 Å². The van der Waals surface area contributed by atoms with Crippen molar-refractivity contribution < 1.29 is 53.8 Å². The molecule has 9 nitrogen and oxygen atoms in total. The summed E-state index contributed by atoms with van der Waals surface area (Å²) in [6.45, 7) is 0. The van der Waals surface area contributed by atoms with Gasteiger partial charge in [-0.1, -0.05) is 0 Å². The average Bonchev–Trinajstić information content (AvgIpc) is 2.37. The van der Waals surface area contributed by atoms with E-state index in [1.165, 1.54) is 9.80 Å². The fourth-order valence-corrected chi connectivity index (χ4v) is 0. The van der Waals surface area contributed by atoms with E-state index in [0.717, 1.165) is 12.8 Å². The van der Waals surface area contributed by atoms with E-state index < -0.39 is 0 Å². The molecule has 96 valence electrons. The number of amides is 2. The second-order valence-electron chi connectivity index (χ2n) is 2.14. The number of carbonyl (C=O) groups is 2. The predicted molar refractivity (Wildman–Crippen MR) is 40.2 cm³/mol. The first-order valence-electron chi connectivity index (χ1n) is 3.28. The molecule has 2 amide bonds. The van der Waals surface area contributed by atoms with Gasteiger partial charge in [-0.2, -0.15) is 0 Å². The molecule has 0 N–H and O–H groups in total. The van der Waals surface area contributed by atoms with Gasteiger partial charge in [-0.25, -0.2) is 0 Å². The van der Waals surface area contributed by atoms with Crippen molar-refractivity contribution in [3.63, 3.8) is 0 Å². The summed E-state index contributed by atoms with van der Waals surface area (Å²) in [5, 5.41) is 28.0. The number of hydrogen-bond acceptors (Lipinski definition) is 7. The number of hydrogen-bond donors (Lipinski definition) is 0. The second-order valence-corrected chi connectivity index (χ2v) is 2.14. The van der Waals surface area contributed by atoms with E-state index in [1.807, 2.05) is 0 Å². The van der Waals surface area contributed by atoms with Crippen LogP contribution >= 0.6 is 0 Å². The average molecular weight is 322 g/mol. The van der Waals surface area contributed by atoms with Gasteiger partial charge < -0.3 is 30.8 Å². The van der Waals surface area contributed by atoms with Crippen LogP contribution in [0.15, 0.2) is 0 Å². The number of rotatable bonds is 2. The zero-order valence-electron chi connectivity index (χ0n) is 9.32. The van der Waals surface area contributed by atoms with Crippen molar-refractivity contribution in [3.8, 4) is 0 Å². The van der Waals surface area contributed by atoms with Crippen LogP contribution in [0.3, 0.4) is 0 Å². The third kappa shape index (κ3) is 187. The zero-order valence-corrected chi connectivity index (χ0v) is 11.3. The van der Waals surface area contributed by atoms with Crippen LogP contribution in [-0.2, 0) is 32.8 Å². The zero-order chi connectivity index (χ0) is 14.6. The van der Waals surface area contributed by atoms with Gasteiger partial charge in [0.1, 0.15) is 0 Å². The van der Waals surface area contributed by atoms with Gasteiger partial charge in [0.05, 0.1) is 0 Å². The molecule has 10 heteroatoms. The van der Waals surface area contributed by atoms with E-state index in [4.69, 9.17) is 24.4 Å². The van der Waals surface area contributed by atoms with Gasteiger partial charge in [-0.3, -0.25) is 9.59 Å².